The molecule has 3 rings (SSSR count). The molecule has 0 unspecified atom stereocenters. The van der Waals surface area contributed by atoms with Crippen LogP contribution in [0, 0.1) is 6.92 Å². The summed E-state index contributed by atoms with van der Waals surface area (Å²) < 4.78 is 5.58. The van der Waals surface area contributed by atoms with E-state index in [0.29, 0.717) is 0 Å². The highest BCUT2D eigenvalue weighted by atomic mass is 27.1. The van der Waals surface area contributed by atoms with E-state index in [-0.39, 0.29) is 5.41 Å². The minimum absolute atomic E-state index is 0.251. The van der Waals surface area contributed by atoms with Crippen LogP contribution in [0.15, 0.2) is 54.6 Å². The van der Waals surface area contributed by atoms with Gasteiger partial charge in [-0.25, -0.2) is 0 Å². The highest BCUT2D eigenvalue weighted by Crippen LogP contribution is 2.41. The van der Waals surface area contributed by atoms with Crippen LogP contribution >= 0.6 is 0 Å². The standard InChI is InChI=1S/C19H19NO.Al/c1-13-7-6-10-17(20-13)19(2,3)18-15-9-5-4-8-14(15)11-12-16(18)21;/h4-12,21H,1-3H3;/q;+1/p-1. The summed E-state index contributed by atoms with van der Waals surface area (Å²) in [6.07, 6.45) is 0. The van der Waals surface area contributed by atoms with Crippen molar-refractivity contribution in [1.82, 2.24) is 4.98 Å². The maximum absolute atomic E-state index is 5.58. The molecule has 2 aromatic carbocycles. The summed E-state index contributed by atoms with van der Waals surface area (Å²) in [7, 11) is 0. The molecule has 3 heteroatoms. The quantitative estimate of drug-likeness (QED) is 0.672. The van der Waals surface area contributed by atoms with Crippen LogP contribution in [0.5, 0.6) is 5.75 Å². The minimum Gasteiger partial charge on any atom is -0.653 e. The number of aromatic nitrogens is 1. The third kappa shape index (κ3) is 2.52. The van der Waals surface area contributed by atoms with Crippen molar-refractivity contribution in [3.8, 4) is 5.75 Å². The molecule has 0 fully saturated rings. The summed E-state index contributed by atoms with van der Waals surface area (Å²) >= 11 is 2.36. The highest BCUT2D eigenvalue weighted by molar-refractivity contribution is 6.01. The van der Waals surface area contributed by atoms with E-state index in [1.807, 2.05) is 19.1 Å². The molecule has 0 atom stereocenters. The van der Waals surface area contributed by atoms with Gasteiger partial charge in [-0.1, -0.05) is 36.4 Å². The van der Waals surface area contributed by atoms with Gasteiger partial charge in [0.25, 0.3) is 0 Å². The van der Waals surface area contributed by atoms with Crippen molar-refractivity contribution in [3.63, 3.8) is 0 Å². The highest BCUT2D eigenvalue weighted by Gasteiger charge is 2.29. The Labute approximate surface area is 139 Å². The molecule has 0 aliphatic carbocycles. The number of benzene rings is 2. The first kappa shape index (κ1) is 15.1. The van der Waals surface area contributed by atoms with Crippen molar-refractivity contribution < 1.29 is 3.79 Å². The van der Waals surface area contributed by atoms with Crippen LogP contribution in [0.4, 0.5) is 0 Å². The molecular formula is C19H18AlNO. The molecule has 2 radical (unpaired) electrons. The van der Waals surface area contributed by atoms with Crippen LogP contribution in [0.25, 0.3) is 10.8 Å². The van der Waals surface area contributed by atoms with E-state index < -0.39 is 0 Å². The molecule has 2 nitrogen and oxygen atoms in total. The second kappa shape index (κ2) is 5.76. The van der Waals surface area contributed by atoms with Crippen LogP contribution in [0.1, 0.15) is 30.8 Å². The number of hydrogen-bond donors (Lipinski definition) is 0. The van der Waals surface area contributed by atoms with Crippen LogP contribution in [-0.4, -0.2) is 21.6 Å². The molecule has 0 aliphatic rings. The van der Waals surface area contributed by atoms with Gasteiger partial charge < -0.3 is 3.79 Å². The summed E-state index contributed by atoms with van der Waals surface area (Å²) in [6.45, 7) is 6.42. The first-order valence-electron chi connectivity index (χ1n) is 7.37. The van der Waals surface area contributed by atoms with E-state index in [2.05, 4.69) is 72.9 Å². The van der Waals surface area contributed by atoms with Gasteiger partial charge in [0.2, 0.25) is 0 Å². The molecule has 108 valence electrons. The molecule has 0 aliphatic heterocycles. The fourth-order valence-electron chi connectivity index (χ4n) is 3.01. The Morgan fingerprint density at radius 1 is 0.955 bits per heavy atom. The Bertz CT molecular complexity index is 827. The first-order valence-corrected chi connectivity index (χ1v) is 7.84. The van der Waals surface area contributed by atoms with E-state index in [1.54, 1.807) is 0 Å². The second-order valence-corrected chi connectivity index (χ2v) is 6.30. The van der Waals surface area contributed by atoms with Gasteiger partial charge in [-0.05, 0) is 49.7 Å². The van der Waals surface area contributed by atoms with Gasteiger partial charge in [-0.2, -0.15) is 0 Å². The molecular weight excluding hydrogens is 285 g/mol. The SMILES string of the molecule is Cc1cccc(C(C)(C)c2c([O][Al])ccc3ccccc23)n1. The largest absolute Gasteiger partial charge is 0.653 e. The molecule has 0 N–H and O–H groups in total. The van der Waals surface area contributed by atoms with Gasteiger partial charge in [0.15, 0.2) is 0 Å². The van der Waals surface area contributed by atoms with Crippen molar-refractivity contribution >= 4 is 27.4 Å². The summed E-state index contributed by atoms with van der Waals surface area (Å²) in [6, 6.07) is 18.7. The van der Waals surface area contributed by atoms with E-state index >= 15 is 0 Å². The van der Waals surface area contributed by atoms with Gasteiger partial charge in [-0.15, -0.1) is 0 Å². The lowest BCUT2D eigenvalue weighted by Gasteiger charge is -2.29. The normalized spacial score (nSPS) is 11.6. The summed E-state index contributed by atoms with van der Waals surface area (Å²) in [5.41, 5.74) is 2.99. The fourth-order valence-corrected chi connectivity index (χ4v) is 3.21. The van der Waals surface area contributed by atoms with Crippen LogP contribution in [0.2, 0.25) is 0 Å². The lowest BCUT2D eigenvalue weighted by Crippen LogP contribution is -2.22. The summed E-state index contributed by atoms with van der Waals surface area (Å²) in [5.74, 6) is 0.872. The molecule has 1 heterocycles. The lowest BCUT2D eigenvalue weighted by atomic mass is 9.78. The van der Waals surface area contributed by atoms with Gasteiger partial charge >= 0.3 is 16.6 Å². The van der Waals surface area contributed by atoms with E-state index in [9.17, 15) is 0 Å². The molecule has 0 bridgehead atoms. The smallest absolute Gasteiger partial charge is 0.482 e. The number of fused-ring (bicyclic) bond motifs is 1. The zero-order valence-corrected chi connectivity index (χ0v) is 14.3. The van der Waals surface area contributed by atoms with E-state index in [1.165, 1.54) is 16.3 Å². The number of aryl methyl sites for hydroxylation is 1. The minimum atomic E-state index is -0.251. The summed E-state index contributed by atoms with van der Waals surface area (Å²) in [4.78, 5) is 4.74. The Balaban J connectivity index is 2.32. The lowest BCUT2D eigenvalue weighted by molar-refractivity contribution is 0.554. The van der Waals surface area contributed by atoms with E-state index in [0.717, 1.165) is 17.1 Å². The van der Waals surface area contributed by atoms with Crippen LogP contribution < -0.4 is 3.79 Å². The monoisotopic (exact) mass is 303 g/mol. The van der Waals surface area contributed by atoms with Gasteiger partial charge in [-0.3, -0.25) is 4.98 Å². The van der Waals surface area contributed by atoms with Gasteiger partial charge in [0.05, 0.1) is 11.4 Å². The first-order chi connectivity index (χ1) is 10.5. The van der Waals surface area contributed by atoms with Crippen molar-refractivity contribution in [3.05, 3.63) is 71.5 Å². The van der Waals surface area contributed by atoms with E-state index in [4.69, 9.17) is 8.77 Å². The second-order valence-electron chi connectivity index (χ2n) is 6.07. The predicted molar refractivity (Wildman–Crippen MR) is 91.4 cm³/mol. The Kier molecular flexibility index (Phi) is 3.95. The Morgan fingerprint density at radius 2 is 1.73 bits per heavy atom. The Hall–Kier alpha value is -1.82. The maximum Gasteiger partial charge on any atom is 0.482 e. The number of nitrogens with zero attached hydrogens (tertiary/aromatic N) is 1. The molecule has 1 aromatic heterocycles. The third-order valence-corrected chi connectivity index (χ3v) is 4.43. The topological polar surface area (TPSA) is 22.1 Å². The summed E-state index contributed by atoms with van der Waals surface area (Å²) in [5, 5.41) is 2.42. The average Bonchev–Trinajstić information content (AvgIpc) is 2.53. The molecule has 0 amide bonds. The zero-order chi connectivity index (χ0) is 15.7. The van der Waals surface area contributed by atoms with Crippen molar-refractivity contribution in [2.75, 3.05) is 0 Å². The molecule has 22 heavy (non-hydrogen) atoms. The van der Waals surface area contributed by atoms with Gasteiger partial charge in [0, 0.05) is 16.7 Å². The fraction of sp³-hybridized carbons (Fsp3) is 0.211. The number of rotatable bonds is 3. The molecule has 0 saturated heterocycles. The maximum atomic E-state index is 5.58. The van der Waals surface area contributed by atoms with Crippen molar-refractivity contribution in [1.29, 1.82) is 0 Å². The predicted octanol–water partition coefficient (Wildman–Crippen LogP) is 4.33. The molecule has 0 spiro atoms. The number of pyridine rings is 1. The molecule has 0 saturated carbocycles. The number of hydrogen-bond acceptors (Lipinski definition) is 2. The van der Waals surface area contributed by atoms with Crippen LogP contribution in [0.3, 0.4) is 0 Å². The molecule has 3 aromatic rings. The van der Waals surface area contributed by atoms with Gasteiger partial charge in [0.1, 0.15) is 0 Å². The third-order valence-electron chi connectivity index (χ3n) is 4.17. The zero-order valence-electron chi connectivity index (χ0n) is 13.1. The average molecular weight is 303 g/mol. The van der Waals surface area contributed by atoms with Crippen LogP contribution in [-0.2, 0) is 5.41 Å². The Morgan fingerprint density at radius 3 is 2.45 bits per heavy atom. The van der Waals surface area contributed by atoms with Crippen molar-refractivity contribution in [2.24, 2.45) is 0 Å². The van der Waals surface area contributed by atoms with Crippen molar-refractivity contribution in [2.45, 2.75) is 26.2 Å².